The van der Waals surface area contributed by atoms with Crippen LogP contribution in [0.2, 0.25) is 0 Å². The molecule has 0 unspecified atom stereocenters. The highest BCUT2D eigenvalue weighted by Gasteiger charge is 2.26. The zero-order valence-corrected chi connectivity index (χ0v) is 13.8. The number of nitrogens with zero attached hydrogens (tertiary/aromatic N) is 2. The van der Waals surface area contributed by atoms with Gasteiger partial charge < -0.3 is 9.47 Å². The molecule has 0 fully saturated rings. The summed E-state index contributed by atoms with van der Waals surface area (Å²) < 4.78 is 36.5. The van der Waals surface area contributed by atoms with Crippen molar-refractivity contribution in [3.05, 3.63) is 46.6 Å². The summed E-state index contributed by atoms with van der Waals surface area (Å²) in [7, 11) is 0. The first-order valence-corrected chi connectivity index (χ1v) is 8.21. The van der Waals surface area contributed by atoms with Crippen molar-refractivity contribution in [2.45, 2.75) is 39.0 Å². The Hall–Kier alpha value is -2.57. The first-order chi connectivity index (χ1) is 12.1. The van der Waals surface area contributed by atoms with E-state index < -0.39 is 12.4 Å². The van der Waals surface area contributed by atoms with Crippen LogP contribution in [0.25, 0.3) is 0 Å². The number of aryl methyl sites for hydroxylation is 1. The van der Waals surface area contributed by atoms with Crippen LogP contribution in [0.4, 0.5) is 8.78 Å². The van der Waals surface area contributed by atoms with Gasteiger partial charge in [-0.25, -0.2) is 13.6 Å². The van der Waals surface area contributed by atoms with Crippen LogP contribution in [0.15, 0.2) is 24.3 Å². The van der Waals surface area contributed by atoms with Crippen LogP contribution in [-0.4, -0.2) is 22.8 Å². The summed E-state index contributed by atoms with van der Waals surface area (Å²) >= 11 is 0. The van der Waals surface area contributed by atoms with Gasteiger partial charge in [0.05, 0.1) is 12.3 Å². The van der Waals surface area contributed by atoms with Crippen molar-refractivity contribution in [3.8, 4) is 11.6 Å². The number of aromatic nitrogens is 2. The summed E-state index contributed by atoms with van der Waals surface area (Å²) in [5.74, 6) is -0.366. The maximum atomic E-state index is 12.9. The molecule has 132 valence electrons. The number of alkyl halides is 2. The molecule has 1 aromatic carbocycles. The minimum absolute atomic E-state index is 0.00878. The van der Waals surface area contributed by atoms with Crippen LogP contribution < -0.4 is 4.74 Å². The van der Waals surface area contributed by atoms with E-state index in [4.69, 9.17) is 9.47 Å². The predicted molar refractivity (Wildman–Crippen MR) is 86.1 cm³/mol. The summed E-state index contributed by atoms with van der Waals surface area (Å²) in [4.78, 5) is 12.4. The van der Waals surface area contributed by atoms with Gasteiger partial charge in [0.25, 0.3) is 12.3 Å². The van der Waals surface area contributed by atoms with Gasteiger partial charge in [-0.3, -0.25) is 0 Å². The normalized spacial score (nSPS) is 13.4. The second kappa shape index (κ2) is 7.55. The van der Waals surface area contributed by atoms with Gasteiger partial charge in [-0.05, 0) is 50.3 Å². The van der Waals surface area contributed by atoms with Gasteiger partial charge in [0.15, 0.2) is 0 Å². The lowest BCUT2D eigenvalue weighted by molar-refractivity contribution is 0.0520. The Balaban J connectivity index is 2.00. The lowest BCUT2D eigenvalue weighted by Gasteiger charge is -2.19. The Kier molecular flexibility index (Phi) is 5.21. The van der Waals surface area contributed by atoms with Crippen LogP contribution in [0.1, 0.15) is 53.4 Å². The number of carbonyl (C=O) groups excluding carboxylic acids is 1. The van der Waals surface area contributed by atoms with Gasteiger partial charge in [0.1, 0.15) is 11.3 Å². The van der Waals surface area contributed by atoms with Crippen molar-refractivity contribution in [3.63, 3.8) is 0 Å². The molecule has 0 aliphatic heterocycles. The molecule has 1 aliphatic rings. The van der Waals surface area contributed by atoms with Crippen molar-refractivity contribution < 1.29 is 23.0 Å². The number of ether oxygens (including phenoxy) is 2. The summed E-state index contributed by atoms with van der Waals surface area (Å²) in [6.07, 6.45) is 0.747. The molecule has 2 aromatic rings. The third kappa shape index (κ3) is 3.75. The molecule has 7 heteroatoms. The predicted octanol–water partition coefficient (Wildman–Crippen LogP) is 4.26. The number of carbonyl (C=O) groups is 1. The van der Waals surface area contributed by atoms with Crippen LogP contribution in [0.5, 0.6) is 11.6 Å². The Labute approximate surface area is 144 Å². The van der Waals surface area contributed by atoms with E-state index in [1.807, 2.05) is 0 Å². The highest BCUT2D eigenvalue weighted by molar-refractivity contribution is 5.94. The third-order valence-electron chi connectivity index (χ3n) is 4.02. The molecule has 0 saturated carbocycles. The number of benzene rings is 1. The van der Waals surface area contributed by atoms with Crippen LogP contribution in [0.3, 0.4) is 0 Å². The van der Waals surface area contributed by atoms with E-state index in [1.54, 1.807) is 6.92 Å². The highest BCUT2D eigenvalue weighted by atomic mass is 19.3. The summed E-state index contributed by atoms with van der Waals surface area (Å²) in [5, 5.41) is 8.15. The SMILES string of the molecule is CCOC(=O)c1c(Oc2cccc(C(F)F)c2)nnc2c1CCCC2. The summed E-state index contributed by atoms with van der Waals surface area (Å²) in [5.41, 5.74) is 1.62. The zero-order chi connectivity index (χ0) is 17.8. The minimum Gasteiger partial charge on any atom is -0.462 e. The number of halogens is 2. The smallest absolute Gasteiger partial charge is 0.344 e. The first-order valence-electron chi connectivity index (χ1n) is 8.21. The van der Waals surface area contributed by atoms with Crippen LogP contribution in [0, 0.1) is 0 Å². The standard InChI is InChI=1S/C18H18F2N2O3/c1-2-24-18(23)15-13-8-3-4-9-14(13)21-22-17(15)25-12-7-5-6-11(10-12)16(19)20/h5-7,10,16H,2-4,8-9H2,1H3. The molecule has 0 bridgehead atoms. The van der Waals surface area contributed by atoms with Crippen molar-refractivity contribution in [2.24, 2.45) is 0 Å². The Morgan fingerprint density at radius 2 is 2.04 bits per heavy atom. The topological polar surface area (TPSA) is 61.3 Å². The van der Waals surface area contributed by atoms with Crippen LogP contribution in [-0.2, 0) is 17.6 Å². The van der Waals surface area contributed by atoms with E-state index in [-0.39, 0.29) is 29.4 Å². The van der Waals surface area contributed by atoms with Gasteiger partial charge in [0.2, 0.25) is 0 Å². The molecule has 0 atom stereocenters. The molecule has 0 N–H and O–H groups in total. The third-order valence-corrected chi connectivity index (χ3v) is 4.02. The van der Waals surface area contributed by atoms with Gasteiger partial charge in [0, 0.05) is 5.56 Å². The van der Waals surface area contributed by atoms with Gasteiger partial charge >= 0.3 is 5.97 Å². The number of hydrogen-bond acceptors (Lipinski definition) is 5. The Morgan fingerprint density at radius 1 is 1.24 bits per heavy atom. The molecule has 1 aromatic heterocycles. The highest BCUT2D eigenvalue weighted by Crippen LogP contribution is 2.32. The Morgan fingerprint density at radius 3 is 2.80 bits per heavy atom. The molecule has 0 radical (unpaired) electrons. The monoisotopic (exact) mass is 348 g/mol. The minimum atomic E-state index is -2.61. The van der Waals surface area contributed by atoms with E-state index in [0.29, 0.717) is 6.42 Å². The maximum Gasteiger partial charge on any atom is 0.344 e. The molecule has 3 rings (SSSR count). The summed E-state index contributed by atoms with van der Waals surface area (Å²) in [6.45, 7) is 1.93. The average Bonchev–Trinajstić information content (AvgIpc) is 2.62. The number of esters is 1. The zero-order valence-electron chi connectivity index (χ0n) is 13.8. The van der Waals surface area contributed by atoms with E-state index >= 15 is 0 Å². The molecular weight excluding hydrogens is 330 g/mol. The van der Waals surface area contributed by atoms with Gasteiger partial charge in [-0.2, -0.15) is 5.10 Å². The number of fused-ring (bicyclic) bond motifs is 1. The van der Waals surface area contributed by atoms with Crippen LogP contribution >= 0.6 is 0 Å². The fraction of sp³-hybridized carbons (Fsp3) is 0.389. The maximum absolute atomic E-state index is 12.9. The molecule has 0 spiro atoms. The fourth-order valence-corrected chi connectivity index (χ4v) is 2.86. The second-order valence-electron chi connectivity index (χ2n) is 5.71. The lowest BCUT2D eigenvalue weighted by atomic mass is 9.93. The quantitative estimate of drug-likeness (QED) is 0.756. The van der Waals surface area contributed by atoms with Crippen molar-refractivity contribution in [2.75, 3.05) is 6.61 Å². The largest absolute Gasteiger partial charge is 0.462 e. The van der Waals surface area contributed by atoms with E-state index in [2.05, 4.69) is 10.2 Å². The first kappa shape index (κ1) is 17.3. The molecule has 1 aliphatic carbocycles. The number of rotatable bonds is 5. The molecule has 5 nitrogen and oxygen atoms in total. The molecule has 0 saturated heterocycles. The number of hydrogen-bond donors (Lipinski definition) is 0. The van der Waals surface area contributed by atoms with Gasteiger partial charge in [-0.1, -0.05) is 12.1 Å². The van der Waals surface area contributed by atoms with Crippen molar-refractivity contribution in [1.29, 1.82) is 0 Å². The van der Waals surface area contributed by atoms with E-state index in [9.17, 15) is 13.6 Å². The van der Waals surface area contributed by atoms with Crippen molar-refractivity contribution >= 4 is 5.97 Å². The molecular formula is C18H18F2N2O3. The van der Waals surface area contributed by atoms with Crippen molar-refractivity contribution in [1.82, 2.24) is 10.2 Å². The average molecular weight is 348 g/mol. The van der Waals surface area contributed by atoms with E-state index in [1.165, 1.54) is 24.3 Å². The van der Waals surface area contributed by atoms with E-state index in [0.717, 1.165) is 30.5 Å². The molecule has 25 heavy (non-hydrogen) atoms. The fourth-order valence-electron chi connectivity index (χ4n) is 2.86. The molecule has 1 heterocycles. The second-order valence-corrected chi connectivity index (χ2v) is 5.71. The molecule has 0 amide bonds. The summed E-state index contributed by atoms with van der Waals surface area (Å²) in [6, 6.07) is 5.53. The lowest BCUT2D eigenvalue weighted by Crippen LogP contribution is -2.17. The van der Waals surface area contributed by atoms with Gasteiger partial charge in [-0.15, -0.1) is 5.10 Å². The Bertz CT molecular complexity index is 781.